The van der Waals surface area contributed by atoms with Crippen LogP contribution in [0.1, 0.15) is 18.3 Å². The summed E-state index contributed by atoms with van der Waals surface area (Å²) in [5.74, 6) is 0.661. The van der Waals surface area contributed by atoms with Crippen molar-refractivity contribution in [3.63, 3.8) is 0 Å². The molecule has 0 aliphatic carbocycles. The Balaban J connectivity index is 2.20. The summed E-state index contributed by atoms with van der Waals surface area (Å²) < 4.78 is 3.55. The minimum absolute atomic E-state index is 0.297. The normalized spacial score (nSPS) is 20.7. The van der Waals surface area contributed by atoms with Gasteiger partial charge in [0, 0.05) is 14.1 Å². The Morgan fingerprint density at radius 2 is 1.96 bits per heavy atom. The Kier molecular flexibility index (Phi) is 3.62. The Morgan fingerprint density at radius 3 is 2.50 bits per heavy atom. The summed E-state index contributed by atoms with van der Waals surface area (Å²) in [6.45, 7) is 10.1. The predicted molar refractivity (Wildman–Crippen MR) is 89.2 cm³/mol. The quantitative estimate of drug-likeness (QED) is 0.589. The molecule has 1 aromatic rings. The van der Waals surface area contributed by atoms with E-state index in [9.17, 15) is 9.59 Å². The maximum Gasteiger partial charge on any atom is 0.421 e. The third-order valence-corrected chi connectivity index (χ3v) is 4.15. The first-order chi connectivity index (χ1) is 11.2. The molecule has 8 nitrogen and oxygen atoms in total. The van der Waals surface area contributed by atoms with E-state index >= 15 is 0 Å². The fourth-order valence-corrected chi connectivity index (χ4v) is 3.04. The Bertz CT molecular complexity index is 832. The molecular weight excluding hydrogens is 308 g/mol. The van der Waals surface area contributed by atoms with Gasteiger partial charge in [0.15, 0.2) is 0 Å². The third kappa shape index (κ3) is 2.26. The number of nitrogens with zero attached hydrogens (tertiary/aromatic N) is 6. The van der Waals surface area contributed by atoms with Gasteiger partial charge in [-0.05, 0) is 32.4 Å². The lowest BCUT2D eigenvalue weighted by molar-refractivity contribution is -0.529. The number of imide groups is 1. The van der Waals surface area contributed by atoms with Crippen molar-refractivity contribution in [2.45, 2.75) is 26.8 Å². The number of amides is 3. The zero-order valence-corrected chi connectivity index (χ0v) is 14.6. The molecule has 3 heterocycles. The van der Waals surface area contributed by atoms with Gasteiger partial charge in [0.2, 0.25) is 11.9 Å². The van der Waals surface area contributed by atoms with Crippen molar-refractivity contribution in [1.29, 1.82) is 0 Å². The molecule has 0 spiro atoms. The molecule has 1 fully saturated rings. The van der Waals surface area contributed by atoms with Gasteiger partial charge in [0.05, 0.1) is 12.2 Å². The van der Waals surface area contributed by atoms with E-state index in [1.54, 1.807) is 11.7 Å². The van der Waals surface area contributed by atoms with Gasteiger partial charge in [-0.15, -0.1) is 9.78 Å². The Hall–Kier alpha value is -2.77. The molecule has 0 bridgehead atoms. The number of hydrogen-bond acceptors (Lipinski definition) is 4. The molecule has 2 aliphatic heterocycles. The fraction of sp³-hybridized carbons (Fsp3) is 0.438. The van der Waals surface area contributed by atoms with Crippen LogP contribution in [0.3, 0.4) is 0 Å². The van der Waals surface area contributed by atoms with Crippen LogP contribution in [0.4, 0.5) is 4.79 Å². The van der Waals surface area contributed by atoms with E-state index in [1.807, 2.05) is 31.4 Å². The standard InChI is InChI=1S/C16H21N6O2/c1-9(2)8-21-12-13(19(5)16(24)20(6)14(12)23)17-15(21)22-11(4)7-10(3)18-22/h7,12H,1,8H2,2-6H3/q+1. The number of urea groups is 1. The molecule has 0 N–H and O–H groups in total. The van der Waals surface area contributed by atoms with Gasteiger partial charge in [-0.2, -0.15) is 0 Å². The van der Waals surface area contributed by atoms with E-state index in [0.717, 1.165) is 21.9 Å². The van der Waals surface area contributed by atoms with Crippen LogP contribution in [0, 0.1) is 13.8 Å². The molecule has 1 saturated heterocycles. The highest BCUT2D eigenvalue weighted by molar-refractivity contribution is 6.22. The van der Waals surface area contributed by atoms with Crippen molar-refractivity contribution in [2.24, 2.45) is 4.99 Å². The van der Waals surface area contributed by atoms with Crippen molar-refractivity contribution in [1.82, 2.24) is 19.6 Å². The number of rotatable bonds is 2. The van der Waals surface area contributed by atoms with Gasteiger partial charge >= 0.3 is 12.0 Å². The van der Waals surface area contributed by atoms with E-state index in [0.29, 0.717) is 18.3 Å². The van der Waals surface area contributed by atoms with E-state index in [-0.39, 0.29) is 11.9 Å². The molecule has 2 aliphatic rings. The van der Waals surface area contributed by atoms with E-state index < -0.39 is 6.04 Å². The molecule has 24 heavy (non-hydrogen) atoms. The Morgan fingerprint density at radius 1 is 1.29 bits per heavy atom. The second kappa shape index (κ2) is 5.40. The molecule has 1 aromatic heterocycles. The molecule has 3 amide bonds. The molecule has 1 unspecified atom stereocenters. The number of aromatic nitrogens is 2. The van der Waals surface area contributed by atoms with Crippen molar-refractivity contribution in [3.05, 3.63) is 29.6 Å². The van der Waals surface area contributed by atoms with Gasteiger partial charge < -0.3 is 0 Å². The molecular formula is C16H21N6O2+. The number of fused-ring (bicyclic) bond motifs is 1. The van der Waals surface area contributed by atoms with Crippen LogP contribution in [0.5, 0.6) is 0 Å². The smallest absolute Gasteiger partial charge is 0.270 e. The molecule has 0 aromatic carbocycles. The number of carbonyl (C=O) groups excluding carboxylic acids is 2. The number of carbonyl (C=O) groups is 2. The van der Waals surface area contributed by atoms with Gasteiger partial charge in [-0.3, -0.25) is 14.6 Å². The van der Waals surface area contributed by atoms with Gasteiger partial charge in [-0.1, -0.05) is 11.6 Å². The van der Waals surface area contributed by atoms with Gasteiger partial charge in [0.25, 0.3) is 5.91 Å². The number of aliphatic imine (C=N–C) groups is 1. The summed E-state index contributed by atoms with van der Waals surface area (Å²) in [7, 11) is 3.11. The third-order valence-electron chi connectivity index (χ3n) is 4.15. The molecule has 126 valence electrons. The minimum Gasteiger partial charge on any atom is -0.270 e. The fourth-order valence-electron chi connectivity index (χ4n) is 3.04. The van der Waals surface area contributed by atoms with Crippen LogP contribution >= 0.6 is 0 Å². The number of hydrogen-bond donors (Lipinski definition) is 0. The summed E-state index contributed by atoms with van der Waals surface area (Å²) in [5.41, 5.74) is 2.66. The maximum absolute atomic E-state index is 12.7. The molecule has 3 rings (SSSR count). The first kappa shape index (κ1) is 16.1. The van der Waals surface area contributed by atoms with Crippen LogP contribution in [-0.2, 0) is 4.79 Å². The average molecular weight is 329 g/mol. The van der Waals surface area contributed by atoms with Crippen molar-refractivity contribution >= 4 is 23.7 Å². The second-order valence-corrected chi connectivity index (χ2v) is 6.34. The lowest BCUT2D eigenvalue weighted by atomic mass is 10.1. The molecule has 1 atom stereocenters. The van der Waals surface area contributed by atoms with Crippen LogP contribution in [-0.4, -0.2) is 74.6 Å². The van der Waals surface area contributed by atoms with E-state index in [1.165, 1.54) is 11.9 Å². The van der Waals surface area contributed by atoms with E-state index in [4.69, 9.17) is 0 Å². The summed E-state index contributed by atoms with van der Waals surface area (Å²) in [6, 6.07) is 0.907. The van der Waals surface area contributed by atoms with Crippen molar-refractivity contribution in [3.8, 4) is 0 Å². The van der Waals surface area contributed by atoms with Crippen LogP contribution in [0.15, 0.2) is 23.2 Å². The summed E-state index contributed by atoms with van der Waals surface area (Å²) >= 11 is 0. The first-order valence-corrected chi connectivity index (χ1v) is 7.67. The summed E-state index contributed by atoms with van der Waals surface area (Å²) in [4.78, 5) is 32.0. The minimum atomic E-state index is -0.645. The van der Waals surface area contributed by atoms with Crippen LogP contribution in [0.2, 0.25) is 0 Å². The highest BCUT2D eigenvalue weighted by Crippen LogP contribution is 2.20. The zero-order valence-electron chi connectivity index (χ0n) is 14.6. The maximum atomic E-state index is 12.7. The van der Waals surface area contributed by atoms with Gasteiger partial charge in [-0.25, -0.2) is 9.37 Å². The number of aryl methyl sites for hydroxylation is 2. The first-order valence-electron chi connectivity index (χ1n) is 7.67. The summed E-state index contributed by atoms with van der Waals surface area (Å²) in [5, 5.41) is 4.47. The SMILES string of the molecule is C=C(C)C[N+]1=C(n2nc(C)cc2C)N=C2C1C(=O)N(C)C(=O)N2C. The van der Waals surface area contributed by atoms with Crippen molar-refractivity contribution < 1.29 is 14.2 Å². The second-order valence-electron chi connectivity index (χ2n) is 6.34. The van der Waals surface area contributed by atoms with Gasteiger partial charge in [0.1, 0.15) is 5.69 Å². The molecule has 0 radical (unpaired) electrons. The monoisotopic (exact) mass is 329 g/mol. The molecule has 0 saturated carbocycles. The Labute approximate surface area is 140 Å². The highest BCUT2D eigenvalue weighted by Gasteiger charge is 2.52. The predicted octanol–water partition coefficient (Wildman–Crippen LogP) is 0.597. The summed E-state index contributed by atoms with van der Waals surface area (Å²) in [6.07, 6.45) is 0. The van der Waals surface area contributed by atoms with Crippen LogP contribution in [0.25, 0.3) is 0 Å². The van der Waals surface area contributed by atoms with Crippen molar-refractivity contribution in [2.75, 3.05) is 20.6 Å². The molecule has 8 heteroatoms. The van der Waals surface area contributed by atoms with E-state index in [2.05, 4.69) is 16.7 Å². The lowest BCUT2D eigenvalue weighted by Crippen LogP contribution is -2.61. The highest BCUT2D eigenvalue weighted by atomic mass is 16.2. The largest absolute Gasteiger partial charge is 0.421 e. The number of amidine groups is 1. The number of likely N-dealkylation sites (N-methyl/N-ethyl adjacent to an activating group) is 2. The zero-order chi connectivity index (χ0) is 17.8. The average Bonchev–Trinajstić information content (AvgIpc) is 3.02. The van der Waals surface area contributed by atoms with Crippen LogP contribution < -0.4 is 0 Å². The topological polar surface area (TPSA) is 73.8 Å². The lowest BCUT2D eigenvalue weighted by Gasteiger charge is -2.31.